The van der Waals surface area contributed by atoms with E-state index in [2.05, 4.69) is 0 Å². The minimum Gasteiger partial charge on any atom is -0.480 e. The van der Waals surface area contributed by atoms with Crippen molar-refractivity contribution in [2.75, 3.05) is 0 Å². The average molecular weight is 378 g/mol. The van der Waals surface area contributed by atoms with Gasteiger partial charge in [-0.3, -0.25) is 14.9 Å². The standard InChI is InChI=1S/C18H13F3N2O4/c1-10-15(13(9-22)17(24)25)12(7-11-5-3-2-4-6-11)8-14(18(19,20)21)16(10)23(26)27/h2-6,8,13H,7H2,1H3,(H,24,25). The van der Waals surface area contributed by atoms with Crippen LogP contribution in [0.5, 0.6) is 0 Å². The zero-order chi connectivity index (χ0) is 20.4. The molecule has 0 aromatic heterocycles. The first-order valence-corrected chi connectivity index (χ1v) is 7.62. The van der Waals surface area contributed by atoms with E-state index in [1.165, 1.54) is 6.07 Å². The number of nitriles is 1. The molecule has 6 nitrogen and oxygen atoms in total. The van der Waals surface area contributed by atoms with Crippen LogP contribution in [0.1, 0.15) is 33.7 Å². The van der Waals surface area contributed by atoms with E-state index in [1.807, 2.05) is 0 Å². The van der Waals surface area contributed by atoms with Crippen LogP contribution < -0.4 is 0 Å². The Balaban J connectivity index is 2.86. The molecule has 0 bridgehead atoms. The number of nitro benzene ring substituents is 1. The lowest BCUT2D eigenvalue weighted by atomic mass is 9.85. The highest BCUT2D eigenvalue weighted by molar-refractivity contribution is 5.81. The average Bonchev–Trinajstić information content (AvgIpc) is 2.57. The van der Waals surface area contributed by atoms with E-state index < -0.39 is 39.8 Å². The Morgan fingerprint density at radius 2 is 1.93 bits per heavy atom. The van der Waals surface area contributed by atoms with Crippen molar-refractivity contribution in [1.29, 1.82) is 5.26 Å². The number of alkyl halides is 3. The zero-order valence-electron chi connectivity index (χ0n) is 13.9. The Kier molecular flexibility index (Phi) is 5.49. The molecule has 0 aliphatic carbocycles. The molecule has 0 amide bonds. The van der Waals surface area contributed by atoms with E-state index >= 15 is 0 Å². The van der Waals surface area contributed by atoms with Gasteiger partial charge >= 0.3 is 12.1 Å². The third-order valence-corrected chi connectivity index (χ3v) is 4.07. The van der Waals surface area contributed by atoms with Gasteiger partial charge in [-0.25, -0.2) is 0 Å². The lowest BCUT2D eigenvalue weighted by Crippen LogP contribution is -2.18. The number of nitrogens with zero attached hydrogens (tertiary/aromatic N) is 2. The van der Waals surface area contributed by atoms with E-state index in [0.717, 1.165) is 6.92 Å². The van der Waals surface area contributed by atoms with E-state index in [1.54, 1.807) is 30.3 Å². The lowest BCUT2D eigenvalue weighted by Gasteiger charge is -2.19. The highest BCUT2D eigenvalue weighted by Crippen LogP contribution is 2.42. The summed E-state index contributed by atoms with van der Waals surface area (Å²) in [4.78, 5) is 21.5. The van der Waals surface area contributed by atoms with Gasteiger partial charge in [0.15, 0.2) is 5.92 Å². The van der Waals surface area contributed by atoms with Crippen molar-refractivity contribution in [2.24, 2.45) is 0 Å². The number of nitro groups is 1. The fourth-order valence-electron chi connectivity index (χ4n) is 2.95. The highest BCUT2D eigenvalue weighted by atomic mass is 19.4. The quantitative estimate of drug-likeness (QED) is 0.620. The molecule has 140 valence electrons. The van der Waals surface area contributed by atoms with Crippen LogP contribution in [0.3, 0.4) is 0 Å². The van der Waals surface area contributed by atoms with Crippen molar-refractivity contribution in [1.82, 2.24) is 0 Å². The first-order chi connectivity index (χ1) is 12.6. The van der Waals surface area contributed by atoms with Gasteiger partial charge in [-0.2, -0.15) is 18.4 Å². The lowest BCUT2D eigenvalue weighted by molar-refractivity contribution is -0.388. The Morgan fingerprint density at radius 3 is 2.37 bits per heavy atom. The van der Waals surface area contributed by atoms with Gasteiger partial charge in [0.1, 0.15) is 5.56 Å². The topological polar surface area (TPSA) is 104 Å². The zero-order valence-corrected chi connectivity index (χ0v) is 13.9. The van der Waals surface area contributed by atoms with Crippen molar-refractivity contribution in [3.05, 3.63) is 74.3 Å². The van der Waals surface area contributed by atoms with Gasteiger partial charge < -0.3 is 5.11 Å². The molecule has 2 aromatic rings. The fraction of sp³-hybridized carbons (Fsp3) is 0.222. The predicted octanol–water partition coefficient (Wildman–Crippen LogP) is 4.20. The summed E-state index contributed by atoms with van der Waals surface area (Å²) >= 11 is 0. The maximum Gasteiger partial charge on any atom is 0.423 e. The van der Waals surface area contributed by atoms with Crippen LogP contribution in [0.4, 0.5) is 18.9 Å². The SMILES string of the molecule is Cc1c(C(C#N)C(=O)O)c(Cc2ccccc2)cc(C(F)(F)F)c1[N+](=O)[O-]. The molecule has 27 heavy (non-hydrogen) atoms. The number of benzene rings is 2. The molecule has 0 aliphatic heterocycles. The highest BCUT2D eigenvalue weighted by Gasteiger charge is 2.42. The number of carbonyl (C=O) groups is 1. The maximum atomic E-state index is 13.4. The Bertz CT molecular complexity index is 934. The monoisotopic (exact) mass is 378 g/mol. The van der Waals surface area contributed by atoms with Crippen molar-refractivity contribution in [2.45, 2.75) is 25.4 Å². The van der Waals surface area contributed by atoms with Crippen LogP contribution in [0.25, 0.3) is 0 Å². The van der Waals surface area contributed by atoms with Crippen LogP contribution in [0.15, 0.2) is 36.4 Å². The van der Waals surface area contributed by atoms with E-state index in [9.17, 15) is 38.4 Å². The van der Waals surface area contributed by atoms with E-state index in [4.69, 9.17) is 0 Å². The van der Waals surface area contributed by atoms with Gasteiger partial charge in [0.25, 0.3) is 5.69 Å². The normalized spacial score (nSPS) is 12.3. The Morgan fingerprint density at radius 1 is 1.33 bits per heavy atom. The molecule has 1 atom stereocenters. The molecule has 9 heteroatoms. The summed E-state index contributed by atoms with van der Waals surface area (Å²) in [6.07, 6.45) is -5.12. The molecular weight excluding hydrogens is 365 g/mol. The van der Waals surface area contributed by atoms with Gasteiger partial charge in [0.2, 0.25) is 0 Å². The van der Waals surface area contributed by atoms with Gasteiger partial charge in [-0.05, 0) is 36.1 Å². The maximum absolute atomic E-state index is 13.4. The summed E-state index contributed by atoms with van der Waals surface area (Å²) in [5.41, 5.74) is -2.99. The number of aliphatic carboxylic acids is 1. The van der Waals surface area contributed by atoms with Crippen molar-refractivity contribution >= 4 is 11.7 Å². The number of halogens is 3. The molecule has 0 heterocycles. The molecule has 0 radical (unpaired) electrons. The molecule has 1 unspecified atom stereocenters. The van der Waals surface area contributed by atoms with E-state index in [0.29, 0.717) is 11.6 Å². The first kappa shape index (κ1) is 19.9. The number of hydrogen-bond donors (Lipinski definition) is 1. The van der Waals surface area contributed by atoms with Crippen LogP contribution in [0.2, 0.25) is 0 Å². The third kappa shape index (κ3) is 4.06. The summed E-state index contributed by atoms with van der Waals surface area (Å²) in [7, 11) is 0. The van der Waals surface area contributed by atoms with Crippen molar-refractivity contribution in [3.8, 4) is 6.07 Å². The number of rotatable bonds is 5. The Labute approximate surface area is 151 Å². The fourth-order valence-corrected chi connectivity index (χ4v) is 2.95. The van der Waals surface area contributed by atoms with Crippen molar-refractivity contribution < 1.29 is 28.0 Å². The summed E-state index contributed by atoms with van der Waals surface area (Å²) in [6, 6.07) is 10.3. The second kappa shape index (κ2) is 7.45. The minimum absolute atomic E-state index is 0.0921. The van der Waals surface area contributed by atoms with Crippen LogP contribution in [-0.4, -0.2) is 16.0 Å². The van der Waals surface area contributed by atoms with Gasteiger partial charge in [-0.15, -0.1) is 0 Å². The number of carboxylic acid groups (broad SMARTS) is 1. The molecule has 0 spiro atoms. The molecule has 2 rings (SSSR count). The van der Waals surface area contributed by atoms with Crippen molar-refractivity contribution in [3.63, 3.8) is 0 Å². The summed E-state index contributed by atoms with van der Waals surface area (Å²) in [6.45, 7) is 1.03. The molecule has 0 fully saturated rings. The smallest absolute Gasteiger partial charge is 0.423 e. The predicted molar refractivity (Wildman–Crippen MR) is 88.1 cm³/mol. The summed E-state index contributed by atoms with van der Waals surface area (Å²) in [5, 5.41) is 29.8. The largest absolute Gasteiger partial charge is 0.480 e. The van der Waals surface area contributed by atoms with Gasteiger partial charge in [0, 0.05) is 5.56 Å². The number of carboxylic acids is 1. The molecule has 1 N–H and O–H groups in total. The second-order valence-electron chi connectivity index (χ2n) is 5.79. The van der Waals surface area contributed by atoms with Crippen LogP contribution in [0, 0.1) is 28.4 Å². The molecule has 0 saturated heterocycles. The van der Waals surface area contributed by atoms with Crippen LogP contribution >= 0.6 is 0 Å². The molecule has 0 aliphatic rings. The van der Waals surface area contributed by atoms with Gasteiger partial charge in [-0.1, -0.05) is 30.3 Å². The molecule has 2 aromatic carbocycles. The summed E-state index contributed by atoms with van der Waals surface area (Å²) < 4.78 is 40.2. The molecular formula is C18H13F3N2O4. The minimum atomic E-state index is -5.01. The Hall–Kier alpha value is -3.41. The van der Waals surface area contributed by atoms with Gasteiger partial charge in [0.05, 0.1) is 11.0 Å². The molecule has 0 saturated carbocycles. The third-order valence-electron chi connectivity index (χ3n) is 4.07. The number of hydrogen-bond acceptors (Lipinski definition) is 4. The first-order valence-electron chi connectivity index (χ1n) is 7.62. The van der Waals surface area contributed by atoms with Crippen LogP contribution in [-0.2, 0) is 17.4 Å². The summed E-state index contributed by atoms with van der Waals surface area (Å²) in [5.74, 6) is -3.42. The van der Waals surface area contributed by atoms with E-state index in [-0.39, 0.29) is 17.5 Å². The second-order valence-corrected chi connectivity index (χ2v) is 5.79.